The monoisotopic (exact) mass is 279 g/mol. The first kappa shape index (κ1) is 13.4. The van der Waals surface area contributed by atoms with Crippen LogP contribution < -0.4 is 0 Å². The summed E-state index contributed by atoms with van der Waals surface area (Å²) in [7, 11) is 0. The van der Waals surface area contributed by atoms with Crippen molar-refractivity contribution in [2.75, 3.05) is 0 Å². The Labute approximate surface area is 120 Å². The van der Waals surface area contributed by atoms with Gasteiger partial charge in [-0.15, -0.1) is 0 Å². The summed E-state index contributed by atoms with van der Waals surface area (Å²) in [6.45, 7) is 4.00. The number of hydrogen-bond donors (Lipinski definition) is 0. The van der Waals surface area contributed by atoms with E-state index in [1.54, 1.807) is 0 Å². The van der Waals surface area contributed by atoms with E-state index in [0.717, 1.165) is 36.3 Å². The minimum atomic E-state index is -0.325. The first-order valence-electron chi connectivity index (χ1n) is 7.11. The lowest BCUT2D eigenvalue weighted by atomic mass is 10.0. The molecule has 3 heteroatoms. The van der Waals surface area contributed by atoms with Crippen molar-refractivity contribution in [1.29, 1.82) is 0 Å². The SMILES string of the molecule is [CH2]CC1OC2(CCCC2)OC1Cc1ccccc1Cl. The van der Waals surface area contributed by atoms with E-state index < -0.39 is 0 Å². The fraction of sp³-hybridized carbons (Fsp3) is 0.562. The average Bonchev–Trinajstić information content (AvgIpc) is 3.00. The molecule has 3 rings (SSSR count). The van der Waals surface area contributed by atoms with Gasteiger partial charge in [0.05, 0.1) is 12.2 Å². The summed E-state index contributed by atoms with van der Waals surface area (Å²) in [5.41, 5.74) is 1.13. The molecule has 0 bridgehead atoms. The summed E-state index contributed by atoms with van der Waals surface area (Å²) in [5, 5.41) is 0.807. The number of halogens is 1. The molecule has 1 aromatic carbocycles. The highest BCUT2D eigenvalue weighted by Crippen LogP contribution is 2.43. The van der Waals surface area contributed by atoms with Crippen molar-refractivity contribution >= 4 is 11.6 Å². The van der Waals surface area contributed by atoms with E-state index in [1.807, 2.05) is 18.2 Å². The molecule has 1 aliphatic carbocycles. The molecule has 1 radical (unpaired) electrons. The largest absolute Gasteiger partial charge is 0.344 e. The molecule has 1 saturated carbocycles. The Bertz CT molecular complexity index is 440. The summed E-state index contributed by atoms with van der Waals surface area (Å²) in [6.07, 6.45) is 6.15. The van der Waals surface area contributed by atoms with E-state index in [4.69, 9.17) is 21.1 Å². The molecule has 2 unspecified atom stereocenters. The van der Waals surface area contributed by atoms with Gasteiger partial charge in [0, 0.05) is 24.3 Å². The minimum absolute atomic E-state index is 0.0792. The maximum Gasteiger partial charge on any atom is 0.169 e. The number of benzene rings is 1. The van der Waals surface area contributed by atoms with Gasteiger partial charge in [-0.3, -0.25) is 0 Å². The quantitative estimate of drug-likeness (QED) is 0.827. The van der Waals surface area contributed by atoms with Gasteiger partial charge in [0.25, 0.3) is 0 Å². The minimum Gasteiger partial charge on any atom is -0.344 e. The Hall–Kier alpha value is -0.570. The molecule has 2 aliphatic rings. The van der Waals surface area contributed by atoms with Crippen LogP contribution in [0, 0.1) is 6.92 Å². The fourth-order valence-corrected chi connectivity index (χ4v) is 3.39. The van der Waals surface area contributed by atoms with Crippen LogP contribution >= 0.6 is 11.6 Å². The van der Waals surface area contributed by atoms with Crippen molar-refractivity contribution < 1.29 is 9.47 Å². The molecule has 1 spiro atoms. The Kier molecular flexibility index (Phi) is 3.84. The predicted molar refractivity (Wildman–Crippen MR) is 76.1 cm³/mol. The lowest BCUT2D eigenvalue weighted by molar-refractivity contribution is -0.168. The second kappa shape index (κ2) is 5.43. The second-order valence-electron chi connectivity index (χ2n) is 5.51. The third kappa shape index (κ3) is 2.67. The molecule has 2 nitrogen and oxygen atoms in total. The maximum atomic E-state index is 6.25. The second-order valence-corrected chi connectivity index (χ2v) is 5.92. The van der Waals surface area contributed by atoms with E-state index in [2.05, 4.69) is 13.0 Å². The van der Waals surface area contributed by atoms with Crippen LogP contribution in [0.25, 0.3) is 0 Å². The summed E-state index contributed by atoms with van der Waals surface area (Å²) in [4.78, 5) is 0. The molecule has 0 aromatic heterocycles. The molecular weight excluding hydrogens is 260 g/mol. The zero-order valence-electron chi connectivity index (χ0n) is 11.1. The van der Waals surface area contributed by atoms with Crippen molar-refractivity contribution in [1.82, 2.24) is 0 Å². The van der Waals surface area contributed by atoms with E-state index in [1.165, 1.54) is 12.8 Å². The van der Waals surface area contributed by atoms with Crippen molar-refractivity contribution in [3.8, 4) is 0 Å². The Morgan fingerprint density at radius 3 is 2.53 bits per heavy atom. The van der Waals surface area contributed by atoms with Crippen molar-refractivity contribution in [3.05, 3.63) is 41.8 Å². The van der Waals surface area contributed by atoms with E-state index in [-0.39, 0.29) is 18.0 Å². The molecule has 0 N–H and O–H groups in total. The topological polar surface area (TPSA) is 18.5 Å². The van der Waals surface area contributed by atoms with Crippen molar-refractivity contribution in [2.24, 2.45) is 0 Å². The summed E-state index contributed by atoms with van der Waals surface area (Å²) >= 11 is 6.23. The zero-order valence-corrected chi connectivity index (χ0v) is 11.9. The van der Waals surface area contributed by atoms with Crippen LogP contribution in [0.5, 0.6) is 0 Å². The van der Waals surface area contributed by atoms with Crippen molar-refractivity contribution in [3.63, 3.8) is 0 Å². The van der Waals surface area contributed by atoms with Crippen LogP contribution in [0.1, 0.15) is 37.7 Å². The molecule has 1 saturated heterocycles. The van der Waals surface area contributed by atoms with E-state index >= 15 is 0 Å². The maximum absolute atomic E-state index is 6.25. The van der Waals surface area contributed by atoms with Crippen LogP contribution in [0.15, 0.2) is 24.3 Å². The zero-order chi connectivity index (χ0) is 13.3. The van der Waals surface area contributed by atoms with Gasteiger partial charge in [-0.1, -0.05) is 36.7 Å². The van der Waals surface area contributed by atoms with Gasteiger partial charge in [0.15, 0.2) is 5.79 Å². The normalized spacial score (nSPS) is 29.2. The standard InChI is InChI=1S/C16H20ClO2/c1-2-14-15(11-12-7-3-4-8-13(12)17)19-16(18-14)9-5-6-10-16/h3-4,7-8,14-15H,1-2,5-6,9-11H2. The van der Waals surface area contributed by atoms with Gasteiger partial charge < -0.3 is 9.47 Å². The lowest BCUT2D eigenvalue weighted by Gasteiger charge is -2.22. The molecule has 2 atom stereocenters. The fourth-order valence-electron chi connectivity index (χ4n) is 3.18. The number of ether oxygens (including phenoxy) is 2. The molecule has 1 aromatic rings. The Balaban J connectivity index is 1.75. The van der Waals surface area contributed by atoms with E-state index in [9.17, 15) is 0 Å². The average molecular weight is 280 g/mol. The smallest absolute Gasteiger partial charge is 0.169 e. The first-order chi connectivity index (χ1) is 9.22. The van der Waals surface area contributed by atoms with E-state index in [0.29, 0.717) is 0 Å². The Morgan fingerprint density at radius 1 is 1.16 bits per heavy atom. The Morgan fingerprint density at radius 2 is 1.84 bits per heavy atom. The predicted octanol–water partition coefficient (Wildman–Crippen LogP) is 4.16. The number of rotatable bonds is 3. The number of hydrogen-bond acceptors (Lipinski definition) is 2. The van der Waals surface area contributed by atoms with Gasteiger partial charge in [0.2, 0.25) is 0 Å². The van der Waals surface area contributed by atoms with Gasteiger partial charge >= 0.3 is 0 Å². The third-order valence-corrected chi connectivity index (χ3v) is 4.54. The van der Waals surface area contributed by atoms with Crippen LogP contribution in [0.4, 0.5) is 0 Å². The van der Waals surface area contributed by atoms with Crippen LogP contribution in [0.3, 0.4) is 0 Å². The lowest BCUT2D eigenvalue weighted by Crippen LogP contribution is -2.27. The van der Waals surface area contributed by atoms with Gasteiger partial charge in [-0.2, -0.15) is 0 Å². The molecule has 2 fully saturated rings. The highest BCUT2D eigenvalue weighted by atomic mass is 35.5. The highest BCUT2D eigenvalue weighted by Gasteiger charge is 2.48. The molecule has 103 valence electrons. The third-order valence-electron chi connectivity index (χ3n) is 4.18. The van der Waals surface area contributed by atoms with Crippen LogP contribution in [0.2, 0.25) is 5.02 Å². The summed E-state index contributed by atoms with van der Waals surface area (Å²) < 4.78 is 12.4. The van der Waals surface area contributed by atoms with Crippen LogP contribution in [-0.2, 0) is 15.9 Å². The summed E-state index contributed by atoms with van der Waals surface area (Å²) in [5.74, 6) is -0.325. The first-order valence-corrected chi connectivity index (χ1v) is 7.48. The molecule has 1 aliphatic heterocycles. The van der Waals surface area contributed by atoms with Gasteiger partial charge in [-0.05, 0) is 30.9 Å². The van der Waals surface area contributed by atoms with Crippen LogP contribution in [-0.4, -0.2) is 18.0 Å². The summed E-state index contributed by atoms with van der Waals surface area (Å²) in [6, 6.07) is 7.96. The highest BCUT2D eigenvalue weighted by molar-refractivity contribution is 6.31. The van der Waals surface area contributed by atoms with Crippen molar-refractivity contribution in [2.45, 2.75) is 56.5 Å². The molecular formula is C16H20ClO2. The molecule has 1 heterocycles. The van der Waals surface area contributed by atoms with Gasteiger partial charge in [-0.25, -0.2) is 0 Å². The molecule has 19 heavy (non-hydrogen) atoms. The van der Waals surface area contributed by atoms with Gasteiger partial charge in [0.1, 0.15) is 0 Å². The molecule has 0 amide bonds.